The van der Waals surface area contributed by atoms with Gasteiger partial charge in [0, 0.05) is 11.8 Å². The first kappa shape index (κ1) is 27.0. The Morgan fingerprint density at radius 3 is 2.51 bits per heavy atom. The fourth-order valence-corrected chi connectivity index (χ4v) is 7.08. The van der Waals surface area contributed by atoms with Crippen LogP contribution in [0.25, 0.3) is 0 Å². The Kier molecular flexibility index (Phi) is 9.54. The highest BCUT2D eigenvalue weighted by Crippen LogP contribution is 2.62. The van der Waals surface area contributed by atoms with Crippen LogP contribution in [0, 0.1) is 23.2 Å². The summed E-state index contributed by atoms with van der Waals surface area (Å²) in [5, 5.41) is 6.89. The van der Waals surface area contributed by atoms with Gasteiger partial charge in [-0.2, -0.15) is 0 Å². The molecule has 190 valence electrons. The average Bonchev–Trinajstić information content (AvgIpc) is 3.14. The van der Waals surface area contributed by atoms with Crippen molar-refractivity contribution in [2.24, 2.45) is 23.2 Å². The normalized spacial score (nSPS) is 28.2. The van der Waals surface area contributed by atoms with E-state index in [1.165, 1.54) is 42.4 Å². The van der Waals surface area contributed by atoms with E-state index in [0.29, 0.717) is 36.1 Å². The van der Waals surface area contributed by atoms with Crippen molar-refractivity contribution in [2.75, 3.05) is 0 Å². The van der Waals surface area contributed by atoms with Gasteiger partial charge in [-0.05, 0) is 84.6 Å². The van der Waals surface area contributed by atoms with Gasteiger partial charge in [-0.1, -0.05) is 70.5 Å². The molecule has 2 aromatic rings. The Balaban J connectivity index is 0.000000638. The number of hydrogen-bond donors (Lipinski definition) is 1. The summed E-state index contributed by atoms with van der Waals surface area (Å²) in [7, 11) is 0. The topological polar surface area (TPSA) is 63.6 Å². The molecule has 0 spiro atoms. The molecule has 4 nitrogen and oxygen atoms in total. The zero-order valence-corrected chi connectivity index (χ0v) is 21.8. The Hall–Kier alpha value is -2.62. The van der Waals surface area contributed by atoms with E-state index >= 15 is 0 Å². The van der Waals surface area contributed by atoms with Crippen LogP contribution in [0.1, 0.15) is 88.8 Å². The first-order chi connectivity index (χ1) is 17.0. The number of fused-ring (bicyclic) bond motifs is 5. The third-order valence-electron chi connectivity index (χ3n) is 8.45. The molecule has 1 N–H and O–H groups in total. The minimum absolute atomic E-state index is 0.0583. The van der Waals surface area contributed by atoms with Gasteiger partial charge in [0.05, 0.1) is 0 Å². The molecule has 0 radical (unpaired) electrons. The second kappa shape index (κ2) is 12.4. The lowest BCUT2D eigenvalue weighted by atomic mass is 9.54. The molecule has 2 fully saturated rings. The van der Waals surface area contributed by atoms with Crippen molar-refractivity contribution in [3.8, 4) is 5.75 Å². The van der Waals surface area contributed by atoms with Crippen molar-refractivity contribution in [2.45, 2.75) is 85.2 Å². The molecule has 5 rings (SSSR count). The summed E-state index contributed by atoms with van der Waals surface area (Å²) in [6.07, 6.45) is 7.83. The van der Waals surface area contributed by atoms with Crippen LogP contribution in [0.2, 0.25) is 0 Å². The van der Waals surface area contributed by atoms with E-state index in [0.717, 1.165) is 25.0 Å². The average molecular weight is 479 g/mol. The van der Waals surface area contributed by atoms with Crippen molar-refractivity contribution in [3.05, 3.63) is 65.2 Å². The van der Waals surface area contributed by atoms with E-state index in [9.17, 15) is 4.79 Å². The Labute approximate surface area is 211 Å². The molecule has 0 aromatic heterocycles. The maximum absolute atomic E-state index is 13.0. The first-order valence-electron chi connectivity index (χ1n) is 13.4. The summed E-state index contributed by atoms with van der Waals surface area (Å²) >= 11 is 0. The number of ketones is 1. The monoisotopic (exact) mass is 478 g/mol. The quantitative estimate of drug-likeness (QED) is 0.453. The van der Waals surface area contributed by atoms with Crippen LogP contribution in [-0.4, -0.2) is 17.4 Å². The molecule has 0 amide bonds. The van der Waals surface area contributed by atoms with Crippen LogP contribution in [0.5, 0.6) is 5.75 Å². The molecule has 0 heterocycles. The summed E-state index contributed by atoms with van der Waals surface area (Å²) in [6.45, 7) is 8.93. The van der Waals surface area contributed by atoms with E-state index in [2.05, 4.69) is 56.3 Å². The fourth-order valence-electron chi connectivity index (χ4n) is 7.08. The van der Waals surface area contributed by atoms with E-state index < -0.39 is 0 Å². The molecule has 3 aliphatic rings. The number of ether oxygens (including phenoxy) is 1. The van der Waals surface area contributed by atoms with Crippen molar-refractivity contribution in [1.82, 2.24) is 0 Å². The lowest BCUT2D eigenvalue weighted by molar-refractivity contribution is -0.129. The molecular formula is C31H42O4. The number of carboxylic acid groups (broad SMARTS) is 1. The van der Waals surface area contributed by atoms with Crippen LogP contribution < -0.4 is 4.74 Å². The van der Waals surface area contributed by atoms with Crippen LogP contribution >= 0.6 is 0 Å². The number of benzene rings is 2. The SMILES string of the molecule is CC.CCCC1CC(=O)C2(C)CCC3c4ccc(OCc5ccccc5)cc4CCC3C12.O=CO. The van der Waals surface area contributed by atoms with Crippen LogP contribution in [0.3, 0.4) is 0 Å². The Morgan fingerprint density at radius 1 is 1.11 bits per heavy atom. The summed E-state index contributed by atoms with van der Waals surface area (Å²) in [5.41, 5.74) is 4.16. The van der Waals surface area contributed by atoms with Gasteiger partial charge >= 0.3 is 0 Å². The lowest BCUT2D eigenvalue weighted by Crippen LogP contribution is -2.44. The van der Waals surface area contributed by atoms with Gasteiger partial charge in [0.2, 0.25) is 0 Å². The lowest BCUT2D eigenvalue weighted by Gasteiger charge is -2.50. The summed E-state index contributed by atoms with van der Waals surface area (Å²) < 4.78 is 6.10. The molecule has 2 aromatic carbocycles. The van der Waals surface area contributed by atoms with E-state index in [1.807, 2.05) is 19.9 Å². The first-order valence-corrected chi connectivity index (χ1v) is 13.4. The number of Topliss-reactive ketones (excluding diaryl/α,β-unsaturated/α-hetero) is 1. The predicted molar refractivity (Wildman–Crippen MR) is 141 cm³/mol. The minimum Gasteiger partial charge on any atom is -0.489 e. The highest BCUT2D eigenvalue weighted by molar-refractivity contribution is 5.87. The third-order valence-corrected chi connectivity index (χ3v) is 8.45. The van der Waals surface area contributed by atoms with Crippen LogP contribution in [0.15, 0.2) is 48.5 Å². The molecular weight excluding hydrogens is 436 g/mol. The zero-order valence-electron chi connectivity index (χ0n) is 21.8. The van der Waals surface area contributed by atoms with E-state index in [-0.39, 0.29) is 11.9 Å². The second-order valence-corrected chi connectivity index (χ2v) is 10.2. The number of hydrogen-bond acceptors (Lipinski definition) is 3. The van der Waals surface area contributed by atoms with Crippen LogP contribution in [0.4, 0.5) is 0 Å². The van der Waals surface area contributed by atoms with Crippen molar-refractivity contribution >= 4 is 12.3 Å². The van der Waals surface area contributed by atoms with Crippen molar-refractivity contribution in [1.29, 1.82) is 0 Å². The third kappa shape index (κ3) is 5.63. The molecule has 5 unspecified atom stereocenters. The summed E-state index contributed by atoms with van der Waals surface area (Å²) in [5.74, 6) is 4.04. The van der Waals surface area contributed by atoms with Crippen LogP contribution in [-0.2, 0) is 22.6 Å². The van der Waals surface area contributed by atoms with Gasteiger partial charge < -0.3 is 9.84 Å². The van der Waals surface area contributed by atoms with Gasteiger partial charge in [0.1, 0.15) is 18.1 Å². The predicted octanol–water partition coefficient (Wildman–Crippen LogP) is 7.44. The molecule has 0 aliphatic heterocycles. The van der Waals surface area contributed by atoms with Crippen molar-refractivity contribution in [3.63, 3.8) is 0 Å². The minimum atomic E-state index is -0.250. The maximum atomic E-state index is 13.0. The smallest absolute Gasteiger partial charge is 0.290 e. The molecule has 3 aliphatic carbocycles. The van der Waals surface area contributed by atoms with Gasteiger partial charge in [0.15, 0.2) is 0 Å². The van der Waals surface area contributed by atoms with Gasteiger partial charge in [0.25, 0.3) is 6.47 Å². The Bertz CT molecular complexity index is 969. The standard InChI is InChI=1S/C28H34O2.C2H6.CH2O2/c1-3-7-21-17-26(29)28(2)15-14-24-23-13-11-22(30-18-19-8-5-4-6-9-19)16-20(23)10-12-25(24)27(21)28;1-2;2-1-3/h4-6,8-9,11,13,16,21,24-25,27H,3,7,10,12,14-15,17-18H2,1-2H3;1-2H3;1H,(H,2,3). The van der Waals surface area contributed by atoms with E-state index in [1.54, 1.807) is 0 Å². The number of rotatable bonds is 5. The summed E-state index contributed by atoms with van der Waals surface area (Å²) in [4.78, 5) is 21.3. The molecule has 35 heavy (non-hydrogen) atoms. The molecule has 0 saturated heterocycles. The number of carbonyl (C=O) groups excluding carboxylic acids is 1. The van der Waals surface area contributed by atoms with Gasteiger partial charge in [-0.15, -0.1) is 0 Å². The fraction of sp³-hybridized carbons (Fsp3) is 0.548. The number of aryl methyl sites for hydroxylation is 1. The van der Waals surface area contributed by atoms with Gasteiger partial charge in [-0.25, -0.2) is 0 Å². The molecule has 5 atom stereocenters. The van der Waals surface area contributed by atoms with E-state index in [4.69, 9.17) is 14.6 Å². The summed E-state index contributed by atoms with van der Waals surface area (Å²) in [6, 6.07) is 17.2. The molecule has 4 heteroatoms. The highest BCUT2D eigenvalue weighted by Gasteiger charge is 2.58. The molecule has 0 bridgehead atoms. The van der Waals surface area contributed by atoms with Gasteiger partial charge in [-0.3, -0.25) is 9.59 Å². The maximum Gasteiger partial charge on any atom is 0.290 e. The second-order valence-electron chi connectivity index (χ2n) is 10.2. The molecule has 2 saturated carbocycles. The van der Waals surface area contributed by atoms with Crippen molar-refractivity contribution < 1.29 is 19.4 Å². The zero-order chi connectivity index (χ0) is 25.4. The number of carbonyl (C=O) groups is 2. The Morgan fingerprint density at radius 2 is 1.83 bits per heavy atom. The highest BCUT2D eigenvalue weighted by atomic mass is 16.5. The largest absolute Gasteiger partial charge is 0.489 e.